The van der Waals surface area contributed by atoms with Gasteiger partial charge in [0.05, 0.1) is 13.7 Å². The molecule has 3 rings (SSSR count). The van der Waals surface area contributed by atoms with E-state index in [2.05, 4.69) is 32.4 Å². The topological polar surface area (TPSA) is 71.0 Å². The number of halogens is 1. The molecule has 0 unspecified atom stereocenters. The first-order valence-corrected chi connectivity index (χ1v) is 10.8. The second kappa shape index (κ2) is 14.1. The van der Waals surface area contributed by atoms with E-state index in [0.717, 1.165) is 42.7 Å². The van der Waals surface area contributed by atoms with Crippen molar-refractivity contribution in [2.45, 2.75) is 32.7 Å². The average Bonchev–Trinajstić information content (AvgIpc) is 2.80. The zero-order valence-electron chi connectivity index (χ0n) is 18.5. The highest BCUT2D eigenvalue weighted by Crippen LogP contribution is 2.22. The second-order valence-electron chi connectivity index (χ2n) is 7.31. The Balaban J connectivity index is 0.00000341. The first kappa shape index (κ1) is 25.2. The lowest BCUT2D eigenvalue weighted by atomic mass is 10.1. The van der Waals surface area contributed by atoms with Gasteiger partial charge in [-0.1, -0.05) is 12.5 Å². The molecule has 0 atom stereocenters. The number of nitrogens with one attached hydrogen (secondary N) is 2. The van der Waals surface area contributed by atoms with Crippen LogP contribution in [-0.4, -0.2) is 55.7 Å². The van der Waals surface area contributed by atoms with Crippen LogP contribution >= 0.6 is 24.0 Å². The van der Waals surface area contributed by atoms with Crippen LogP contribution in [0.15, 0.2) is 47.6 Å². The molecule has 2 aromatic rings. The molecule has 1 aliphatic heterocycles. The summed E-state index contributed by atoms with van der Waals surface area (Å²) in [5.74, 6) is 2.92. The highest BCUT2D eigenvalue weighted by Gasteiger charge is 2.09. The fraction of sp³-hybridized carbons (Fsp3) is 0.478. The zero-order valence-corrected chi connectivity index (χ0v) is 20.8. The molecule has 2 heterocycles. The van der Waals surface area contributed by atoms with Crippen LogP contribution in [0.4, 0.5) is 0 Å². The van der Waals surface area contributed by atoms with Gasteiger partial charge in [-0.05, 0) is 62.7 Å². The largest absolute Gasteiger partial charge is 0.497 e. The van der Waals surface area contributed by atoms with Crippen molar-refractivity contribution in [1.82, 2.24) is 20.5 Å². The predicted octanol–water partition coefficient (Wildman–Crippen LogP) is 4.04. The minimum atomic E-state index is 0. The van der Waals surface area contributed by atoms with Crippen LogP contribution in [-0.2, 0) is 6.54 Å². The molecule has 31 heavy (non-hydrogen) atoms. The second-order valence-corrected chi connectivity index (χ2v) is 7.31. The molecule has 1 aliphatic rings. The summed E-state index contributed by atoms with van der Waals surface area (Å²) in [6, 6.07) is 11.3. The first-order valence-electron chi connectivity index (χ1n) is 10.8. The Morgan fingerprint density at radius 3 is 2.42 bits per heavy atom. The van der Waals surface area contributed by atoms with Crippen LogP contribution in [0.2, 0.25) is 0 Å². The fourth-order valence-electron chi connectivity index (χ4n) is 3.36. The van der Waals surface area contributed by atoms with E-state index in [-0.39, 0.29) is 24.0 Å². The molecule has 0 radical (unpaired) electrons. The number of aromatic nitrogens is 1. The van der Waals surface area contributed by atoms with Gasteiger partial charge < -0.3 is 25.0 Å². The molecule has 170 valence electrons. The van der Waals surface area contributed by atoms with E-state index >= 15 is 0 Å². The van der Waals surface area contributed by atoms with Crippen molar-refractivity contribution in [2.24, 2.45) is 4.99 Å². The van der Waals surface area contributed by atoms with Crippen molar-refractivity contribution < 1.29 is 9.47 Å². The van der Waals surface area contributed by atoms with E-state index in [9.17, 15) is 0 Å². The number of pyridine rings is 1. The summed E-state index contributed by atoms with van der Waals surface area (Å²) < 4.78 is 10.9. The highest BCUT2D eigenvalue weighted by molar-refractivity contribution is 14.0. The lowest BCUT2D eigenvalue weighted by Crippen LogP contribution is -2.42. The van der Waals surface area contributed by atoms with E-state index in [1.807, 2.05) is 36.4 Å². The number of benzene rings is 1. The van der Waals surface area contributed by atoms with Crippen molar-refractivity contribution in [3.63, 3.8) is 0 Å². The first-order chi connectivity index (χ1) is 14.8. The molecular weight excluding hydrogens is 505 g/mol. The number of piperidine rings is 1. The summed E-state index contributed by atoms with van der Waals surface area (Å²) in [5.41, 5.74) is 1.03. The number of rotatable bonds is 9. The number of likely N-dealkylation sites (tertiary alicyclic amines) is 1. The minimum Gasteiger partial charge on any atom is -0.497 e. The Hall–Kier alpha value is -2.07. The molecule has 1 fully saturated rings. The smallest absolute Gasteiger partial charge is 0.219 e. The summed E-state index contributed by atoms with van der Waals surface area (Å²) in [5, 5.41) is 6.74. The van der Waals surface area contributed by atoms with Gasteiger partial charge in [-0.3, -0.25) is 0 Å². The molecular formula is C23H34IN5O2. The number of aliphatic imine (C=N–C) groups is 1. The van der Waals surface area contributed by atoms with Gasteiger partial charge in [-0.2, -0.15) is 0 Å². The molecule has 0 bridgehead atoms. The predicted molar refractivity (Wildman–Crippen MR) is 136 cm³/mol. The summed E-state index contributed by atoms with van der Waals surface area (Å²) in [4.78, 5) is 11.6. The van der Waals surface area contributed by atoms with Gasteiger partial charge in [0, 0.05) is 31.9 Å². The molecule has 0 saturated carbocycles. The van der Waals surface area contributed by atoms with Gasteiger partial charge in [0.2, 0.25) is 5.88 Å². The standard InChI is InChI=1S/C23H33N5O2.HI/c1-3-24-23(25-13-16-28-14-5-4-6-15-28)27-18-19-7-12-22(26-17-19)30-21-10-8-20(29-2)9-11-21;/h7-12,17H,3-6,13-16,18H2,1-2H3,(H2,24,25,27);1H. The highest BCUT2D eigenvalue weighted by atomic mass is 127. The van der Waals surface area contributed by atoms with E-state index in [1.165, 1.54) is 32.4 Å². The summed E-state index contributed by atoms with van der Waals surface area (Å²) in [6.45, 7) is 7.87. The van der Waals surface area contributed by atoms with E-state index in [0.29, 0.717) is 12.4 Å². The minimum absolute atomic E-state index is 0. The van der Waals surface area contributed by atoms with Crippen LogP contribution in [0.25, 0.3) is 0 Å². The molecule has 1 saturated heterocycles. The number of ether oxygens (including phenoxy) is 2. The quantitative estimate of drug-likeness (QED) is 0.285. The van der Waals surface area contributed by atoms with Crippen molar-refractivity contribution in [3.05, 3.63) is 48.2 Å². The van der Waals surface area contributed by atoms with Crippen molar-refractivity contribution in [3.8, 4) is 17.4 Å². The van der Waals surface area contributed by atoms with Crippen molar-refractivity contribution in [2.75, 3.05) is 39.8 Å². The normalized spacial score (nSPS) is 14.5. The molecule has 7 nitrogen and oxygen atoms in total. The Morgan fingerprint density at radius 1 is 1.03 bits per heavy atom. The van der Waals surface area contributed by atoms with E-state index < -0.39 is 0 Å². The maximum atomic E-state index is 5.78. The average molecular weight is 539 g/mol. The van der Waals surface area contributed by atoms with Gasteiger partial charge in [0.1, 0.15) is 11.5 Å². The fourth-order valence-corrected chi connectivity index (χ4v) is 3.36. The van der Waals surface area contributed by atoms with Crippen LogP contribution < -0.4 is 20.1 Å². The maximum Gasteiger partial charge on any atom is 0.219 e. The number of hydrogen-bond donors (Lipinski definition) is 2. The molecule has 1 aromatic heterocycles. The maximum absolute atomic E-state index is 5.78. The van der Waals surface area contributed by atoms with Gasteiger partial charge in [-0.25, -0.2) is 9.98 Å². The van der Waals surface area contributed by atoms with Gasteiger partial charge in [0.15, 0.2) is 5.96 Å². The Kier molecular flexibility index (Phi) is 11.4. The monoisotopic (exact) mass is 539 g/mol. The van der Waals surface area contributed by atoms with Crippen molar-refractivity contribution >= 4 is 29.9 Å². The van der Waals surface area contributed by atoms with Crippen molar-refractivity contribution in [1.29, 1.82) is 0 Å². The molecule has 0 amide bonds. The Labute approximate surface area is 202 Å². The number of guanidine groups is 1. The van der Waals surface area contributed by atoms with Crippen LogP contribution in [0.5, 0.6) is 17.4 Å². The van der Waals surface area contributed by atoms with Crippen LogP contribution in [0.1, 0.15) is 31.7 Å². The number of hydrogen-bond acceptors (Lipinski definition) is 5. The van der Waals surface area contributed by atoms with Crippen LogP contribution in [0.3, 0.4) is 0 Å². The van der Waals surface area contributed by atoms with E-state index in [4.69, 9.17) is 9.47 Å². The summed E-state index contributed by atoms with van der Waals surface area (Å²) in [7, 11) is 1.64. The SMILES string of the molecule is CCNC(=NCc1ccc(Oc2ccc(OC)cc2)nc1)NCCN1CCCCC1.I. The Bertz CT molecular complexity index is 778. The number of nitrogens with zero attached hydrogens (tertiary/aromatic N) is 3. The molecule has 2 N–H and O–H groups in total. The molecule has 0 spiro atoms. The van der Waals surface area contributed by atoms with Gasteiger partial charge in [-0.15, -0.1) is 24.0 Å². The molecule has 0 aliphatic carbocycles. The van der Waals surface area contributed by atoms with Gasteiger partial charge in [0.25, 0.3) is 0 Å². The zero-order chi connectivity index (χ0) is 21.0. The van der Waals surface area contributed by atoms with E-state index in [1.54, 1.807) is 13.3 Å². The lowest BCUT2D eigenvalue weighted by Gasteiger charge is -2.26. The number of methoxy groups -OCH3 is 1. The van der Waals surface area contributed by atoms with Crippen LogP contribution in [0, 0.1) is 0 Å². The third kappa shape index (κ3) is 8.90. The third-order valence-electron chi connectivity index (χ3n) is 5.01. The summed E-state index contributed by atoms with van der Waals surface area (Å²) >= 11 is 0. The third-order valence-corrected chi connectivity index (χ3v) is 5.01. The molecule has 8 heteroatoms. The van der Waals surface area contributed by atoms with Gasteiger partial charge >= 0.3 is 0 Å². The lowest BCUT2D eigenvalue weighted by molar-refractivity contribution is 0.232. The Morgan fingerprint density at radius 2 is 1.77 bits per heavy atom. The summed E-state index contributed by atoms with van der Waals surface area (Å²) in [6.07, 6.45) is 5.81. The molecule has 1 aromatic carbocycles.